The van der Waals surface area contributed by atoms with E-state index >= 15 is 0 Å². The summed E-state index contributed by atoms with van der Waals surface area (Å²) >= 11 is 5.75. The molecule has 1 aromatic carbocycles. The van der Waals surface area contributed by atoms with Gasteiger partial charge in [-0.2, -0.15) is 0 Å². The highest BCUT2D eigenvalue weighted by molar-refractivity contribution is 6.29. The summed E-state index contributed by atoms with van der Waals surface area (Å²) in [6, 6.07) is 13.3. The zero-order chi connectivity index (χ0) is 18.4. The van der Waals surface area contributed by atoms with Gasteiger partial charge >= 0.3 is 5.97 Å². The van der Waals surface area contributed by atoms with Crippen molar-refractivity contribution in [2.75, 3.05) is 19.7 Å². The SMILES string of the molecule is O=C(OCC(=O)N1CCC(Cc2ccccc2)CC1)c1ccnc(Cl)c1. The third-order valence-corrected chi connectivity index (χ3v) is 4.83. The zero-order valence-corrected chi connectivity index (χ0v) is 15.2. The largest absolute Gasteiger partial charge is 0.452 e. The Morgan fingerprint density at radius 3 is 2.58 bits per heavy atom. The molecule has 1 amide bonds. The number of carbonyl (C=O) groups is 2. The molecule has 0 atom stereocenters. The van der Waals surface area contributed by atoms with Gasteiger partial charge in [0, 0.05) is 19.3 Å². The van der Waals surface area contributed by atoms with Crippen LogP contribution in [-0.4, -0.2) is 41.5 Å². The Hall–Kier alpha value is -2.40. The maximum atomic E-state index is 12.3. The fourth-order valence-corrected chi connectivity index (χ4v) is 3.34. The van der Waals surface area contributed by atoms with Crippen LogP contribution in [0.3, 0.4) is 0 Å². The summed E-state index contributed by atoms with van der Waals surface area (Å²) in [5, 5.41) is 0.214. The molecule has 0 aliphatic carbocycles. The van der Waals surface area contributed by atoms with Crippen LogP contribution in [0.4, 0.5) is 0 Å². The van der Waals surface area contributed by atoms with Crippen LogP contribution in [0.2, 0.25) is 5.15 Å². The number of esters is 1. The molecule has 0 saturated carbocycles. The number of ether oxygens (including phenoxy) is 1. The van der Waals surface area contributed by atoms with E-state index < -0.39 is 5.97 Å². The Bertz CT molecular complexity index is 759. The minimum atomic E-state index is -0.568. The van der Waals surface area contributed by atoms with Gasteiger partial charge < -0.3 is 9.64 Å². The summed E-state index contributed by atoms with van der Waals surface area (Å²) in [7, 11) is 0. The number of aromatic nitrogens is 1. The molecule has 0 radical (unpaired) electrons. The fourth-order valence-electron chi connectivity index (χ4n) is 3.17. The van der Waals surface area contributed by atoms with E-state index in [0.717, 1.165) is 19.3 Å². The Kier molecular flexibility index (Phi) is 6.23. The molecule has 3 rings (SSSR count). The molecule has 1 fully saturated rings. The lowest BCUT2D eigenvalue weighted by molar-refractivity contribution is -0.135. The minimum absolute atomic E-state index is 0.156. The molecule has 2 aromatic rings. The van der Waals surface area contributed by atoms with Crippen LogP contribution < -0.4 is 0 Å². The summed E-state index contributed by atoms with van der Waals surface area (Å²) in [6.07, 6.45) is 4.40. The average Bonchev–Trinajstić information content (AvgIpc) is 2.67. The van der Waals surface area contributed by atoms with E-state index in [1.165, 1.54) is 23.9 Å². The average molecular weight is 373 g/mol. The number of amides is 1. The predicted octanol–water partition coefficient (Wildman–Crippen LogP) is 3.37. The third kappa shape index (κ3) is 5.05. The molecular weight excluding hydrogens is 352 g/mol. The van der Waals surface area contributed by atoms with Crippen molar-refractivity contribution in [3.63, 3.8) is 0 Å². The van der Waals surface area contributed by atoms with E-state index in [0.29, 0.717) is 24.6 Å². The molecule has 6 heteroatoms. The van der Waals surface area contributed by atoms with E-state index in [4.69, 9.17) is 16.3 Å². The molecule has 1 aliphatic heterocycles. The van der Waals surface area contributed by atoms with Gasteiger partial charge in [0.05, 0.1) is 5.56 Å². The number of likely N-dealkylation sites (tertiary alicyclic amines) is 1. The predicted molar refractivity (Wildman–Crippen MR) is 99.0 cm³/mol. The number of hydrogen-bond donors (Lipinski definition) is 0. The topological polar surface area (TPSA) is 59.5 Å². The van der Waals surface area contributed by atoms with Crippen molar-refractivity contribution in [3.05, 3.63) is 64.9 Å². The summed E-state index contributed by atoms with van der Waals surface area (Å²) < 4.78 is 5.10. The van der Waals surface area contributed by atoms with Crippen molar-refractivity contribution in [1.82, 2.24) is 9.88 Å². The Labute approximate surface area is 157 Å². The summed E-state index contributed by atoms with van der Waals surface area (Å²) in [5.41, 5.74) is 1.63. The normalized spacial score (nSPS) is 14.9. The van der Waals surface area contributed by atoms with Gasteiger partial charge in [-0.3, -0.25) is 4.79 Å². The molecule has 1 saturated heterocycles. The molecule has 5 nitrogen and oxygen atoms in total. The van der Waals surface area contributed by atoms with Gasteiger partial charge in [0.25, 0.3) is 5.91 Å². The Morgan fingerprint density at radius 1 is 1.15 bits per heavy atom. The van der Waals surface area contributed by atoms with E-state index in [9.17, 15) is 9.59 Å². The molecule has 1 aromatic heterocycles. The number of pyridine rings is 1. The molecule has 0 spiro atoms. The number of nitrogens with zero attached hydrogens (tertiary/aromatic N) is 2. The van der Waals surface area contributed by atoms with Crippen molar-refractivity contribution >= 4 is 23.5 Å². The van der Waals surface area contributed by atoms with Crippen molar-refractivity contribution < 1.29 is 14.3 Å². The van der Waals surface area contributed by atoms with E-state index in [2.05, 4.69) is 29.2 Å². The van der Waals surface area contributed by atoms with Crippen molar-refractivity contribution in [2.24, 2.45) is 5.92 Å². The number of rotatable bonds is 5. The first kappa shape index (κ1) is 18.4. The van der Waals surface area contributed by atoms with Crippen LogP contribution in [0.25, 0.3) is 0 Å². The zero-order valence-electron chi connectivity index (χ0n) is 14.4. The van der Waals surface area contributed by atoms with Gasteiger partial charge in [-0.1, -0.05) is 41.9 Å². The van der Waals surface area contributed by atoms with Crippen molar-refractivity contribution in [2.45, 2.75) is 19.3 Å². The first-order chi connectivity index (χ1) is 12.6. The maximum Gasteiger partial charge on any atom is 0.338 e. The van der Waals surface area contributed by atoms with Gasteiger partial charge in [-0.15, -0.1) is 0 Å². The monoisotopic (exact) mass is 372 g/mol. The van der Waals surface area contributed by atoms with E-state index in [1.807, 2.05) is 6.07 Å². The highest BCUT2D eigenvalue weighted by Crippen LogP contribution is 2.21. The quantitative estimate of drug-likeness (QED) is 0.596. The van der Waals surface area contributed by atoms with Crippen molar-refractivity contribution in [1.29, 1.82) is 0 Å². The minimum Gasteiger partial charge on any atom is -0.452 e. The molecular formula is C20H21ClN2O3. The lowest BCUT2D eigenvalue weighted by Crippen LogP contribution is -2.41. The number of piperidine rings is 1. The standard InChI is InChI=1S/C20H21ClN2O3/c21-18-13-17(6-9-22-18)20(25)26-14-19(24)23-10-7-16(8-11-23)12-15-4-2-1-3-5-15/h1-6,9,13,16H,7-8,10-12,14H2. The summed E-state index contributed by atoms with van der Waals surface area (Å²) in [4.78, 5) is 29.8. The molecule has 136 valence electrons. The second-order valence-electron chi connectivity index (χ2n) is 6.46. The van der Waals surface area contributed by atoms with Crippen LogP contribution in [0.1, 0.15) is 28.8 Å². The van der Waals surface area contributed by atoms with Gasteiger partial charge in [-0.25, -0.2) is 9.78 Å². The number of halogens is 1. The molecule has 1 aliphatic rings. The Morgan fingerprint density at radius 2 is 1.88 bits per heavy atom. The molecule has 26 heavy (non-hydrogen) atoms. The molecule has 2 heterocycles. The fraction of sp³-hybridized carbons (Fsp3) is 0.350. The molecule has 0 unspecified atom stereocenters. The van der Waals surface area contributed by atoms with Gasteiger partial charge in [0.2, 0.25) is 0 Å². The summed E-state index contributed by atoms with van der Waals surface area (Å²) in [6.45, 7) is 1.16. The second-order valence-corrected chi connectivity index (χ2v) is 6.84. The first-order valence-corrected chi connectivity index (χ1v) is 9.10. The maximum absolute atomic E-state index is 12.3. The van der Waals surface area contributed by atoms with Crippen molar-refractivity contribution in [3.8, 4) is 0 Å². The highest BCUT2D eigenvalue weighted by Gasteiger charge is 2.23. The van der Waals surface area contributed by atoms with Crippen LogP contribution in [-0.2, 0) is 16.0 Å². The first-order valence-electron chi connectivity index (χ1n) is 8.72. The molecule has 0 bridgehead atoms. The number of benzene rings is 1. The van der Waals surface area contributed by atoms with Crippen LogP contribution >= 0.6 is 11.6 Å². The number of hydrogen-bond acceptors (Lipinski definition) is 4. The van der Waals surface area contributed by atoms with E-state index in [-0.39, 0.29) is 17.7 Å². The lowest BCUT2D eigenvalue weighted by Gasteiger charge is -2.32. The van der Waals surface area contributed by atoms with Gasteiger partial charge in [0.15, 0.2) is 6.61 Å². The second kappa shape index (κ2) is 8.81. The van der Waals surface area contributed by atoms with Gasteiger partial charge in [0.1, 0.15) is 5.15 Å². The number of carbonyl (C=O) groups excluding carboxylic acids is 2. The smallest absolute Gasteiger partial charge is 0.338 e. The van der Waals surface area contributed by atoms with Crippen LogP contribution in [0, 0.1) is 5.92 Å². The van der Waals surface area contributed by atoms with Crippen LogP contribution in [0.5, 0.6) is 0 Å². The third-order valence-electron chi connectivity index (χ3n) is 4.62. The highest BCUT2D eigenvalue weighted by atomic mass is 35.5. The molecule has 0 N–H and O–H groups in total. The van der Waals surface area contributed by atoms with E-state index in [1.54, 1.807) is 4.90 Å². The lowest BCUT2D eigenvalue weighted by atomic mass is 9.90. The van der Waals surface area contributed by atoms with Gasteiger partial charge in [-0.05, 0) is 42.9 Å². The Balaban J connectivity index is 1.43. The van der Waals surface area contributed by atoms with Crippen LogP contribution in [0.15, 0.2) is 48.7 Å². The summed E-state index contributed by atoms with van der Waals surface area (Å²) in [5.74, 6) is -0.138.